The summed E-state index contributed by atoms with van der Waals surface area (Å²) >= 11 is 0. The molecule has 8 heteroatoms. The normalized spacial score (nSPS) is 13.2. The number of rotatable bonds is 6. The summed E-state index contributed by atoms with van der Waals surface area (Å²) in [5.74, 6) is 0.251. The van der Waals surface area contributed by atoms with Crippen molar-refractivity contribution in [3.63, 3.8) is 0 Å². The number of hydrogen-bond acceptors (Lipinski definition) is 6. The highest BCUT2D eigenvalue weighted by atomic mass is 32.2. The molecule has 0 amide bonds. The quantitative estimate of drug-likeness (QED) is 0.676. The second kappa shape index (κ2) is 6.25. The van der Waals surface area contributed by atoms with Crippen molar-refractivity contribution < 1.29 is 18.0 Å². The van der Waals surface area contributed by atoms with Gasteiger partial charge in [0.25, 0.3) is 0 Å². The van der Waals surface area contributed by atoms with E-state index in [1.165, 1.54) is 0 Å². The molecule has 0 fully saturated rings. The predicted molar refractivity (Wildman–Crippen MR) is 77.7 cm³/mol. The van der Waals surface area contributed by atoms with E-state index in [1.807, 2.05) is 0 Å². The summed E-state index contributed by atoms with van der Waals surface area (Å²) in [6.07, 6.45) is -0.945. The van der Waals surface area contributed by atoms with Crippen LogP contribution in [0.4, 0.5) is 5.69 Å². The second-order valence-electron chi connectivity index (χ2n) is 4.72. The van der Waals surface area contributed by atoms with E-state index < -0.39 is 16.1 Å². The Labute approximate surface area is 122 Å². The Balaban J connectivity index is 1.93. The number of nitrogen functional groups attached to an aromatic ring is 1. The first-order valence-corrected chi connectivity index (χ1v) is 7.94. The van der Waals surface area contributed by atoms with E-state index in [9.17, 15) is 13.5 Å². The molecular weight excluding hydrogens is 294 g/mol. The summed E-state index contributed by atoms with van der Waals surface area (Å²) in [4.78, 5) is 0. The minimum atomic E-state index is -3.59. The van der Waals surface area contributed by atoms with Crippen LogP contribution in [0.1, 0.15) is 23.1 Å². The van der Waals surface area contributed by atoms with Crippen molar-refractivity contribution in [2.45, 2.75) is 18.8 Å². The molecule has 0 spiro atoms. The van der Waals surface area contributed by atoms with E-state index >= 15 is 0 Å². The largest absolute Gasteiger partial charge is 0.399 e. The Bertz CT molecular complexity index is 694. The summed E-state index contributed by atoms with van der Waals surface area (Å²) in [7, 11) is -3.59. The molecule has 4 N–H and O–H groups in total. The molecule has 0 aliphatic carbocycles. The molecule has 1 heterocycles. The van der Waals surface area contributed by atoms with Crippen LogP contribution in [0, 0.1) is 6.92 Å². The van der Waals surface area contributed by atoms with Gasteiger partial charge in [-0.25, -0.2) is 13.1 Å². The SMILES string of the molecule is Cc1cc(CS(=O)(=O)NCC(O)c2ccc(N)cc2)no1. The standard InChI is InChI=1S/C13H17N3O4S/c1-9-6-12(16-20-9)8-21(18,19)15-7-13(17)10-2-4-11(14)5-3-10/h2-6,13,15,17H,7-8,14H2,1H3. The first-order valence-electron chi connectivity index (χ1n) is 6.29. The number of hydrogen-bond donors (Lipinski definition) is 3. The third-order valence-corrected chi connectivity index (χ3v) is 4.11. The Hall–Kier alpha value is -1.90. The van der Waals surface area contributed by atoms with Crippen LogP contribution >= 0.6 is 0 Å². The van der Waals surface area contributed by atoms with Crippen LogP contribution in [0.5, 0.6) is 0 Å². The molecule has 1 aromatic heterocycles. The number of sulfonamides is 1. The minimum absolute atomic E-state index is 0.122. The molecule has 21 heavy (non-hydrogen) atoms. The highest BCUT2D eigenvalue weighted by Gasteiger charge is 2.17. The van der Waals surface area contributed by atoms with Gasteiger partial charge in [0.1, 0.15) is 17.2 Å². The van der Waals surface area contributed by atoms with E-state index in [0.717, 1.165) is 0 Å². The lowest BCUT2D eigenvalue weighted by Gasteiger charge is -2.12. The molecule has 1 unspecified atom stereocenters. The highest BCUT2D eigenvalue weighted by Crippen LogP contribution is 2.14. The van der Waals surface area contributed by atoms with Gasteiger partial charge in [0, 0.05) is 18.3 Å². The van der Waals surface area contributed by atoms with Crippen LogP contribution < -0.4 is 10.5 Å². The number of aryl methyl sites for hydroxylation is 1. The van der Waals surface area contributed by atoms with Crippen LogP contribution in [-0.4, -0.2) is 25.2 Å². The number of nitrogens with two attached hydrogens (primary N) is 1. The zero-order valence-corrected chi connectivity index (χ0v) is 12.3. The van der Waals surface area contributed by atoms with Gasteiger partial charge in [0.2, 0.25) is 10.0 Å². The zero-order valence-electron chi connectivity index (χ0n) is 11.5. The summed E-state index contributed by atoms with van der Waals surface area (Å²) in [5.41, 5.74) is 7.03. The van der Waals surface area contributed by atoms with Crippen molar-refractivity contribution in [1.29, 1.82) is 0 Å². The summed E-state index contributed by atoms with van der Waals surface area (Å²) in [5, 5.41) is 13.6. The van der Waals surface area contributed by atoms with Crippen LogP contribution in [0.15, 0.2) is 34.9 Å². The van der Waals surface area contributed by atoms with Crippen molar-refractivity contribution in [1.82, 2.24) is 9.88 Å². The molecule has 0 aliphatic heterocycles. The number of benzene rings is 1. The fourth-order valence-electron chi connectivity index (χ4n) is 1.77. The van der Waals surface area contributed by atoms with Crippen LogP contribution in [0.25, 0.3) is 0 Å². The molecule has 2 rings (SSSR count). The minimum Gasteiger partial charge on any atom is -0.399 e. The maximum atomic E-state index is 11.9. The highest BCUT2D eigenvalue weighted by molar-refractivity contribution is 7.88. The molecular formula is C13H17N3O4S. The second-order valence-corrected chi connectivity index (χ2v) is 6.53. The van der Waals surface area contributed by atoms with Gasteiger partial charge in [-0.05, 0) is 24.6 Å². The third kappa shape index (κ3) is 4.55. The molecule has 1 aromatic carbocycles. The Morgan fingerprint density at radius 2 is 2.05 bits per heavy atom. The van der Waals surface area contributed by atoms with E-state index in [0.29, 0.717) is 22.7 Å². The van der Waals surface area contributed by atoms with Crippen LogP contribution in [0.2, 0.25) is 0 Å². The van der Waals surface area contributed by atoms with Gasteiger partial charge in [0.05, 0.1) is 6.10 Å². The van der Waals surface area contributed by atoms with Gasteiger partial charge < -0.3 is 15.4 Å². The molecule has 7 nitrogen and oxygen atoms in total. The summed E-state index contributed by atoms with van der Waals surface area (Å²) < 4.78 is 30.9. The number of aromatic nitrogens is 1. The van der Waals surface area contributed by atoms with E-state index in [2.05, 4.69) is 9.88 Å². The topological polar surface area (TPSA) is 118 Å². The number of anilines is 1. The first kappa shape index (κ1) is 15.5. The smallest absolute Gasteiger partial charge is 0.217 e. The van der Waals surface area contributed by atoms with Crippen molar-refractivity contribution >= 4 is 15.7 Å². The van der Waals surface area contributed by atoms with Gasteiger partial charge in [-0.3, -0.25) is 0 Å². The lowest BCUT2D eigenvalue weighted by Crippen LogP contribution is -2.29. The zero-order chi connectivity index (χ0) is 15.5. The van der Waals surface area contributed by atoms with Gasteiger partial charge in [-0.2, -0.15) is 0 Å². The third-order valence-electron chi connectivity index (χ3n) is 2.83. The number of nitrogens with zero attached hydrogens (tertiary/aromatic N) is 1. The van der Waals surface area contributed by atoms with Crippen molar-refractivity contribution in [3.8, 4) is 0 Å². The molecule has 0 aliphatic rings. The molecule has 0 saturated heterocycles. The molecule has 0 bridgehead atoms. The number of aliphatic hydroxyl groups is 1. The maximum Gasteiger partial charge on any atom is 0.217 e. The lowest BCUT2D eigenvalue weighted by atomic mass is 10.1. The Kier molecular flexibility index (Phi) is 4.61. The Morgan fingerprint density at radius 3 is 2.62 bits per heavy atom. The fraction of sp³-hybridized carbons (Fsp3) is 0.308. The van der Waals surface area contributed by atoms with Crippen molar-refractivity contribution in [3.05, 3.63) is 47.3 Å². The summed E-state index contributed by atoms with van der Waals surface area (Å²) in [6.45, 7) is 1.56. The average Bonchev–Trinajstić information content (AvgIpc) is 2.81. The van der Waals surface area contributed by atoms with E-state index in [-0.39, 0.29) is 12.3 Å². The molecule has 1 atom stereocenters. The molecule has 2 aromatic rings. The monoisotopic (exact) mass is 311 g/mol. The fourth-order valence-corrected chi connectivity index (χ4v) is 2.81. The van der Waals surface area contributed by atoms with Crippen LogP contribution in [0.3, 0.4) is 0 Å². The number of nitrogens with one attached hydrogen (secondary N) is 1. The molecule has 0 saturated carbocycles. The van der Waals surface area contributed by atoms with Crippen molar-refractivity contribution in [2.75, 3.05) is 12.3 Å². The first-order chi connectivity index (χ1) is 9.85. The maximum absolute atomic E-state index is 11.9. The van der Waals surface area contributed by atoms with Crippen LogP contribution in [-0.2, 0) is 15.8 Å². The van der Waals surface area contributed by atoms with Gasteiger partial charge in [0.15, 0.2) is 0 Å². The average molecular weight is 311 g/mol. The Morgan fingerprint density at radius 1 is 1.38 bits per heavy atom. The predicted octanol–water partition coefficient (Wildman–Crippen LogP) is 0.718. The molecule has 0 radical (unpaired) electrons. The van der Waals surface area contributed by atoms with Gasteiger partial charge in [-0.1, -0.05) is 17.3 Å². The lowest BCUT2D eigenvalue weighted by molar-refractivity contribution is 0.182. The van der Waals surface area contributed by atoms with Crippen molar-refractivity contribution in [2.24, 2.45) is 0 Å². The summed E-state index contributed by atoms with van der Waals surface area (Å²) in [6, 6.07) is 8.14. The van der Waals surface area contributed by atoms with Gasteiger partial charge in [-0.15, -0.1) is 0 Å². The van der Waals surface area contributed by atoms with Gasteiger partial charge >= 0.3 is 0 Å². The molecule has 114 valence electrons. The van der Waals surface area contributed by atoms with E-state index in [1.54, 1.807) is 37.3 Å². The van der Waals surface area contributed by atoms with E-state index in [4.69, 9.17) is 10.3 Å². The number of aliphatic hydroxyl groups excluding tert-OH is 1.